The van der Waals surface area contributed by atoms with E-state index in [2.05, 4.69) is 6.07 Å². The van der Waals surface area contributed by atoms with Crippen LogP contribution in [0.4, 0.5) is 5.69 Å². The Labute approximate surface area is 214 Å². The molecule has 0 bridgehead atoms. The predicted octanol–water partition coefficient (Wildman–Crippen LogP) is 3.94. The fourth-order valence-corrected chi connectivity index (χ4v) is 6.07. The number of phenols is 1. The summed E-state index contributed by atoms with van der Waals surface area (Å²) in [5, 5.41) is 21.5. The van der Waals surface area contributed by atoms with Crippen LogP contribution in [0.5, 0.6) is 11.5 Å². The molecule has 6 rings (SSSR count). The van der Waals surface area contributed by atoms with Gasteiger partial charge in [0, 0.05) is 17.7 Å². The first kappa shape index (κ1) is 22.9. The number of aryl methyl sites for hydroxylation is 1. The fourth-order valence-electron chi connectivity index (χ4n) is 5.07. The zero-order valence-electron chi connectivity index (χ0n) is 19.7. The van der Waals surface area contributed by atoms with Gasteiger partial charge in [0.05, 0.1) is 28.3 Å². The average molecular weight is 512 g/mol. The lowest BCUT2D eigenvalue weighted by Crippen LogP contribution is -2.38. The van der Waals surface area contributed by atoms with Gasteiger partial charge in [0.2, 0.25) is 0 Å². The number of rotatable bonds is 4. The first-order chi connectivity index (χ1) is 17.9. The number of benzene rings is 3. The van der Waals surface area contributed by atoms with Crippen LogP contribution in [0.2, 0.25) is 0 Å². The van der Waals surface area contributed by atoms with Crippen molar-refractivity contribution < 1.29 is 14.8 Å². The van der Waals surface area contributed by atoms with E-state index in [-0.39, 0.29) is 17.0 Å². The number of hydrogen-bond donors (Lipinski definition) is 1. The van der Waals surface area contributed by atoms with E-state index < -0.39 is 11.0 Å². The Hall–Kier alpha value is -4.50. The molecule has 184 valence electrons. The first-order valence-corrected chi connectivity index (χ1v) is 12.5. The van der Waals surface area contributed by atoms with Crippen molar-refractivity contribution in [2.45, 2.75) is 18.9 Å². The molecule has 8 nitrogen and oxygen atoms in total. The van der Waals surface area contributed by atoms with Gasteiger partial charge in [0.25, 0.3) is 11.2 Å². The number of nitro groups is 1. The Morgan fingerprint density at radius 3 is 2.78 bits per heavy atom. The molecule has 1 aliphatic heterocycles. The lowest BCUT2D eigenvalue weighted by Gasteiger charge is -2.30. The van der Waals surface area contributed by atoms with Crippen LogP contribution in [-0.4, -0.2) is 21.7 Å². The van der Waals surface area contributed by atoms with Gasteiger partial charge in [0.1, 0.15) is 0 Å². The van der Waals surface area contributed by atoms with Crippen molar-refractivity contribution in [2.75, 3.05) is 7.11 Å². The summed E-state index contributed by atoms with van der Waals surface area (Å²) in [6, 6.07) is 19.0. The minimum atomic E-state index is -0.504. The number of fused-ring (bicyclic) bond motifs is 3. The number of allylic oxidation sites excluding steroid dienone is 1. The zero-order valence-corrected chi connectivity index (χ0v) is 20.6. The smallest absolute Gasteiger partial charge is 0.271 e. The molecule has 0 radical (unpaired) electrons. The van der Waals surface area contributed by atoms with E-state index in [0.29, 0.717) is 32.6 Å². The highest BCUT2D eigenvalue weighted by Gasteiger charge is 2.33. The van der Waals surface area contributed by atoms with E-state index in [9.17, 15) is 20.0 Å². The van der Waals surface area contributed by atoms with Crippen molar-refractivity contribution in [1.82, 2.24) is 4.57 Å². The highest BCUT2D eigenvalue weighted by Crippen LogP contribution is 2.41. The molecule has 1 aromatic heterocycles. The third kappa shape index (κ3) is 3.84. The maximum Gasteiger partial charge on any atom is 0.271 e. The number of methoxy groups -OCH3 is 1. The molecule has 2 heterocycles. The molecular formula is C28H21N3O5S. The fraction of sp³-hybridized carbons (Fsp3) is 0.143. The number of nitrogens with zero attached hydrogens (tertiary/aromatic N) is 3. The normalized spacial score (nSPS) is 16.5. The van der Waals surface area contributed by atoms with Gasteiger partial charge in [-0.15, -0.1) is 0 Å². The minimum absolute atomic E-state index is 0.0122. The summed E-state index contributed by atoms with van der Waals surface area (Å²) < 4.78 is 7.33. The number of aromatic hydroxyl groups is 1. The molecule has 1 N–H and O–H groups in total. The Kier molecular flexibility index (Phi) is 5.49. The molecule has 9 heteroatoms. The molecule has 37 heavy (non-hydrogen) atoms. The highest BCUT2D eigenvalue weighted by atomic mass is 32.1. The second kappa shape index (κ2) is 8.86. The van der Waals surface area contributed by atoms with Crippen molar-refractivity contribution in [3.8, 4) is 11.5 Å². The molecule has 1 aliphatic carbocycles. The number of phenolic OH excluding ortho intramolecular Hbond substituents is 1. The van der Waals surface area contributed by atoms with Crippen molar-refractivity contribution in [3.63, 3.8) is 0 Å². The lowest BCUT2D eigenvalue weighted by atomic mass is 9.83. The van der Waals surface area contributed by atoms with E-state index in [1.54, 1.807) is 34.9 Å². The number of hydrogen-bond acceptors (Lipinski definition) is 7. The van der Waals surface area contributed by atoms with Gasteiger partial charge in [0.15, 0.2) is 16.3 Å². The van der Waals surface area contributed by atoms with Crippen LogP contribution in [0, 0.1) is 10.1 Å². The predicted molar refractivity (Wildman–Crippen MR) is 141 cm³/mol. The van der Waals surface area contributed by atoms with E-state index >= 15 is 0 Å². The van der Waals surface area contributed by atoms with Gasteiger partial charge in [-0.05, 0) is 53.3 Å². The maximum atomic E-state index is 13.8. The minimum Gasteiger partial charge on any atom is -0.504 e. The number of nitro benzene ring substituents is 1. The molecule has 4 aromatic rings. The second-order valence-corrected chi connectivity index (χ2v) is 9.91. The average Bonchev–Trinajstić information content (AvgIpc) is 3.22. The largest absolute Gasteiger partial charge is 0.504 e. The van der Waals surface area contributed by atoms with Gasteiger partial charge in [-0.3, -0.25) is 19.5 Å². The summed E-state index contributed by atoms with van der Waals surface area (Å²) in [7, 11) is 1.47. The van der Waals surface area contributed by atoms with Crippen molar-refractivity contribution in [2.24, 2.45) is 4.99 Å². The Morgan fingerprint density at radius 2 is 1.97 bits per heavy atom. The Balaban J connectivity index is 1.61. The molecule has 1 atom stereocenters. The van der Waals surface area contributed by atoms with Crippen LogP contribution in [0.1, 0.15) is 34.7 Å². The SMILES string of the molecule is COc1cc(/C=c2/sc3n(c2=O)[C@@H](c2cccc([N+](=O)[O-])c2)C2=C(N=3)c3ccccc3CC2)ccc1O. The van der Waals surface area contributed by atoms with Crippen LogP contribution in [-0.2, 0) is 6.42 Å². The molecular weight excluding hydrogens is 490 g/mol. The molecule has 0 amide bonds. The van der Waals surface area contributed by atoms with Gasteiger partial charge >= 0.3 is 0 Å². The number of non-ortho nitro benzene ring substituents is 1. The van der Waals surface area contributed by atoms with Crippen molar-refractivity contribution in [3.05, 3.63) is 124 Å². The summed E-state index contributed by atoms with van der Waals surface area (Å²) >= 11 is 1.27. The quantitative estimate of drug-likeness (QED) is 0.330. The molecule has 0 unspecified atom stereocenters. The molecule has 0 saturated heterocycles. The lowest BCUT2D eigenvalue weighted by molar-refractivity contribution is -0.384. The summed E-state index contributed by atoms with van der Waals surface area (Å²) in [6.45, 7) is 0. The standard InChI is InChI=1S/C28H21N3O5S/c1-36-23-13-16(9-12-22(23)32)14-24-27(33)30-26(18-6-4-7-19(15-18)31(34)35)21-11-10-17-5-2-3-8-20(17)25(21)29-28(30)37-24/h2-9,12-15,26,32H,10-11H2,1H3/b24-14+/t26-/m0/s1. The monoisotopic (exact) mass is 511 g/mol. The van der Waals surface area contributed by atoms with Gasteiger partial charge in [-0.1, -0.05) is 53.8 Å². The third-order valence-electron chi connectivity index (χ3n) is 6.77. The summed E-state index contributed by atoms with van der Waals surface area (Å²) in [5.41, 5.74) is 5.15. The van der Waals surface area contributed by atoms with E-state index in [4.69, 9.17) is 9.73 Å². The Bertz CT molecular complexity index is 1800. The molecule has 3 aromatic carbocycles. The van der Waals surface area contributed by atoms with E-state index in [0.717, 1.165) is 23.3 Å². The van der Waals surface area contributed by atoms with Crippen LogP contribution >= 0.6 is 11.3 Å². The first-order valence-electron chi connectivity index (χ1n) is 11.7. The zero-order chi connectivity index (χ0) is 25.7. The van der Waals surface area contributed by atoms with E-state index in [1.165, 1.54) is 36.1 Å². The highest BCUT2D eigenvalue weighted by molar-refractivity contribution is 7.07. The van der Waals surface area contributed by atoms with Gasteiger partial charge in [-0.25, -0.2) is 4.99 Å². The van der Waals surface area contributed by atoms with Crippen LogP contribution in [0.3, 0.4) is 0 Å². The third-order valence-corrected chi connectivity index (χ3v) is 7.75. The maximum absolute atomic E-state index is 13.8. The molecule has 0 spiro atoms. The van der Waals surface area contributed by atoms with Crippen LogP contribution in [0.15, 0.2) is 82.1 Å². The number of ether oxygens (including phenoxy) is 1. The number of aromatic nitrogens is 1. The second-order valence-electron chi connectivity index (χ2n) is 8.90. The summed E-state index contributed by atoms with van der Waals surface area (Å²) in [4.78, 5) is 30.4. The number of thiazole rings is 1. The molecule has 0 fully saturated rings. The van der Waals surface area contributed by atoms with Crippen LogP contribution < -0.4 is 19.6 Å². The topological polar surface area (TPSA) is 107 Å². The molecule has 2 aliphatic rings. The van der Waals surface area contributed by atoms with Gasteiger partial charge in [-0.2, -0.15) is 0 Å². The van der Waals surface area contributed by atoms with Crippen molar-refractivity contribution in [1.29, 1.82) is 0 Å². The summed E-state index contributed by atoms with van der Waals surface area (Å²) in [5.74, 6) is 0.321. The van der Waals surface area contributed by atoms with Crippen molar-refractivity contribution >= 4 is 28.8 Å². The van der Waals surface area contributed by atoms with Gasteiger partial charge < -0.3 is 9.84 Å². The Morgan fingerprint density at radius 1 is 1.14 bits per heavy atom. The van der Waals surface area contributed by atoms with E-state index in [1.807, 2.05) is 24.3 Å². The van der Waals surface area contributed by atoms with Crippen LogP contribution in [0.25, 0.3) is 11.8 Å². The molecule has 0 saturated carbocycles. The summed E-state index contributed by atoms with van der Waals surface area (Å²) in [6.07, 6.45) is 3.24.